The van der Waals surface area contributed by atoms with E-state index in [4.69, 9.17) is 16.7 Å². The Bertz CT molecular complexity index is 576. The van der Waals surface area contributed by atoms with Gasteiger partial charge < -0.3 is 10.4 Å². The molecule has 1 aliphatic carbocycles. The number of hydrogen-bond donors (Lipinski definition) is 2. The SMILES string of the molecule is CCN(CC(=O)O)C1CC(NC(=O)c2ccc(Cl)c(Br)c2)C1. The molecule has 5 nitrogen and oxygen atoms in total. The second kappa shape index (κ2) is 7.44. The number of aliphatic carboxylic acids is 1. The van der Waals surface area contributed by atoms with E-state index in [0.717, 1.165) is 12.8 Å². The average molecular weight is 390 g/mol. The molecule has 0 aromatic heterocycles. The molecule has 0 unspecified atom stereocenters. The lowest BCUT2D eigenvalue weighted by atomic mass is 9.85. The molecule has 2 N–H and O–H groups in total. The summed E-state index contributed by atoms with van der Waals surface area (Å²) in [5.74, 6) is -0.956. The van der Waals surface area contributed by atoms with Crippen LogP contribution in [-0.2, 0) is 4.79 Å². The predicted molar refractivity (Wildman–Crippen MR) is 88.3 cm³/mol. The fourth-order valence-corrected chi connectivity index (χ4v) is 3.08. The van der Waals surface area contributed by atoms with E-state index < -0.39 is 5.97 Å². The van der Waals surface area contributed by atoms with Crippen molar-refractivity contribution in [3.05, 3.63) is 33.3 Å². The van der Waals surface area contributed by atoms with E-state index in [1.807, 2.05) is 11.8 Å². The van der Waals surface area contributed by atoms with Gasteiger partial charge in [-0.3, -0.25) is 14.5 Å². The topological polar surface area (TPSA) is 69.6 Å². The summed E-state index contributed by atoms with van der Waals surface area (Å²) in [6.45, 7) is 2.69. The third kappa shape index (κ3) is 4.21. The fourth-order valence-electron chi connectivity index (χ4n) is 2.58. The van der Waals surface area contributed by atoms with Gasteiger partial charge in [-0.05, 0) is 53.5 Å². The Hall–Kier alpha value is -1.11. The summed E-state index contributed by atoms with van der Waals surface area (Å²) >= 11 is 9.21. The number of carbonyl (C=O) groups excluding carboxylic acids is 1. The van der Waals surface area contributed by atoms with Crippen molar-refractivity contribution < 1.29 is 14.7 Å². The lowest BCUT2D eigenvalue weighted by Gasteiger charge is -2.42. The Kier molecular flexibility index (Phi) is 5.83. The van der Waals surface area contributed by atoms with Crippen LogP contribution in [0.15, 0.2) is 22.7 Å². The summed E-state index contributed by atoms with van der Waals surface area (Å²) in [5, 5.41) is 12.4. The van der Waals surface area contributed by atoms with Gasteiger partial charge in [0.15, 0.2) is 0 Å². The second-order valence-corrected chi connectivity index (χ2v) is 6.64. The van der Waals surface area contributed by atoms with Crippen LogP contribution in [0.5, 0.6) is 0 Å². The van der Waals surface area contributed by atoms with Crippen molar-refractivity contribution in [3.63, 3.8) is 0 Å². The molecule has 22 heavy (non-hydrogen) atoms. The van der Waals surface area contributed by atoms with E-state index in [0.29, 0.717) is 21.6 Å². The van der Waals surface area contributed by atoms with Crippen molar-refractivity contribution in [2.45, 2.75) is 31.8 Å². The summed E-state index contributed by atoms with van der Waals surface area (Å²) in [6, 6.07) is 5.37. The summed E-state index contributed by atoms with van der Waals surface area (Å²) in [4.78, 5) is 24.9. The van der Waals surface area contributed by atoms with Gasteiger partial charge in [-0.25, -0.2) is 0 Å². The predicted octanol–water partition coefficient (Wildman–Crippen LogP) is 2.77. The highest BCUT2D eigenvalue weighted by Gasteiger charge is 2.34. The fraction of sp³-hybridized carbons (Fsp3) is 0.467. The molecule has 0 radical (unpaired) electrons. The second-order valence-electron chi connectivity index (χ2n) is 5.38. The maximum atomic E-state index is 12.2. The van der Waals surface area contributed by atoms with Crippen LogP contribution in [0.2, 0.25) is 5.02 Å². The van der Waals surface area contributed by atoms with E-state index in [1.54, 1.807) is 18.2 Å². The minimum atomic E-state index is -0.819. The van der Waals surface area contributed by atoms with Crippen molar-refractivity contribution in [1.29, 1.82) is 0 Å². The zero-order valence-electron chi connectivity index (χ0n) is 12.2. The van der Waals surface area contributed by atoms with Crippen LogP contribution >= 0.6 is 27.5 Å². The maximum Gasteiger partial charge on any atom is 0.317 e. The number of likely N-dealkylation sites (N-methyl/N-ethyl adjacent to an activating group) is 1. The van der Waals surface area contributed by atoms with E-state index in [9.17, 15) is 9.59 Å². The zero-order valence-corrected chi connectivity index (χ0v) is 14.5. The number of carboxylic acid groups (broad SMARTS) is 1. The number of carbonyl (C=O) groups is 2. The smallest absolute Gasteiger partial charge is 0.317 e. The first kappa shape index (κ1) is 17.2. The third-order valence-corrected chi connectivity index (χ3v) is 5.11. The molecule has 0 heterocycles. The molecule has 0 aliphatic heterocycles. The van der Waals surface area contributed by atoms with Gasteiger partial charge in [-0.2, -0.15) is 0 Å². The summed E-state index contributed by atoms with van der Waals surface area (Å²) in [7, 11) is 0. The first-order chi connectivity index (χ1) is 10.4. The number of amides is 1. The molecule has 7 heteroatoms. The monoisotopic (exact) mass is 388 g/mol. The highest BCUT2D eigenvalue weighted by atomic mass is 79.9. The van der Waals surface area contributed by atoms with E-state index >= 15 is 0 Å². The van der Waals surface area contributed by atoms with Crippen molar-refractivity contribution in [2.24, 2.45) is 0 Å². The molecule has 1 aliphatic rings. The van der Waals surface area contributed by atoms with Crippen molar-refractivity contribution in [2.75, 3.05) is 13.1 Å². The van der Waals surface area contributed by atoms with Gasteiger partial charge in [0.05, 0.1) is 11.6 Å². The quantitative estimate of drug-likeness (QED) is 0.785. The first-order valence-corrected chi connectivity index (χ1v) is 8.29. The number of nitrogens with zero attached hydrogens (tertiary/aromatic N) is 1. The molecule has 0 bridgehead atoms. The number of carboxylic acids is 1. The van der Waals surface area contributed by atoms with Gasteiger partial charge in [0.2, 0.25) is 0 Å². The van der Waals surface area contributed by atoms with E-state index in [1.165, 1.54) is 0 Å². The molecular formula is C15H18BrClN2O3. The lowest BCUT2D eigenvalue weighted by Crippen LogP contribution is -2.54. The van der Waals surface area contributed by atoms with Crippen LogP contribution in [0.25, 0.3) is 0 Å². The van der Waals surface area contributed by atoms with Crippen LogP contribution in [0.3, 0.4) is 0 Å². The van der Waals surface area contributed by atoms with Crippen molar-refractivity contribution in [3.8, 4) is 0 Å². The Labute approximate surface area is 142 Å². The molecule has 1 amide bonds. The van der Waals surface area contributed by atoms with Gasteiger partial charge in [-0.1, -0.05) is 18.5 Å². The van der Waals surface area contributed by atoms with Crippen molar-refractivity contribution >= 4 is 39.4 Å². The molecule has 1 saturated carbocycles. The molecular weight excluding hydrogens is 372 g/mol. The molecule has 120 valence electrons. The third-order valence-electron chi connectivity index (χ3n) is 3.89. The Morgan fingerprint density at radius 3 is 2.68 bits per heavy atom. The maximum absolute atomic E-state index is 12.2. The molecule has 0 spiro atoms. The zero-order chi connectivity index (χ0) is 16.3. The molecule has 0 saturated heterocycles. The molecule has 0 atom stereocenters. The number of halogens is 2. The highest BCUT2D eigenvalue weighted by molar-refractivity contribution is 9.10. The Balaban J connectivity index is 1.85. The Morgan fingerprint density at radius 1 is 1.45 bits per heavy atom. The largest absolute Gasteiger partial charge is 0.480 e. The normalized spacial score (nSPS) is 20.5. The minimum Gasteiger partial charge on any atom is -0.480 e. The van der Waals surface area contributed by atoms with Crippen LogP contribution in [0.1, 0.15) is 30.1 Å². The molecule has 1 fully saturated rings. The molecule has 1 aromatic carbocycles. The number of nitrogens with one attached hydrogen (secondary N) is 1. The van der Waals surface area contributed by atoms with Crippen LogP contribution in [-0.4, -0.2) is 47.1 Å². The molecule has 1 aromatic rings. The van der Waals surface area contributed by atoms with Crippen LogP contribution in [0.4, 0.5) is 0 Å². The van der Waals surface area contributed by atoms with Gasteiger partial charge in [0.25, 0.3) is 5.91 Å². The number of rotatable bonds is 6. The molecule has 2 rings (SSSR count). The van der Waals surface area contributed by atoms with Crippen LogP contribution in [0, 0.1) is 0 Å². The van der Waals surface area contributed by atoms with Gasteiger partial charge >= 0.3 is 5.97 Å². The van der Waals surface area contributed by atoms with Crippen molar-refractivity contribution in [1.82, 2.24) is 10.2 Å². The minimum absolute atomic E-state index is 0.0476. The van der Waals surface area contributed by atoms with Gasteiger partial charge in [0, 0.05) is 22.1 Å². The van der Waals surface area contributed by atoms with Gasteiger partial charge in [0.1, 0.15) is 0 Å². The summed E-state index contributed by atoms with van der Waals surface area (Å²) < 4.78 is 0.687. The van der Waals surface area contributed by atoms with E-state index in [-0.39, 0.29) is 24.5 Å². The average Bonchev–Trinajstić information content (AvgIpc) is 2.42. The standard InChI is InChI=1S/C15H18BrClN2O3/c1-2-19(8-14(20)21)11-6-10(7-11)18-15(22)9-3-4-13(17)12(16)5-9/h3-5,10-11H,2,6-8H2,1H3,(H,18,22)(H,20,21). The van der Waals surface area contributed by atoms with E-state index in [2.05, 4.69) is 21.2 Å². The highest BCUT2D eigenvalue weighted by Crippen LogP contribution is 2.27. The van der Waals surface area contributed by atoms with Gasteiger partial charge in [-0.15, -0.1) is 0 Å². The van der Waals surface area contributed by atoms with Crippen LogP contribution < -0.4 is 5.32 Å². The summed E-state index contributed by atoms with van der Waals surface area (Å²) in [5.41, 5.74) is 0.553. The lowest BCUT2D eigenvalue weighted by molar-refractivity contribution is -0.139. The Morgan fingerprint density at radius 2 is 2.14 bits per heavy atom. The number of benzene rings is 1. The first-order valence-electron chi connectivity index (χ1n) is 7.12. The number of hydrogen-bond acceptors (Lipinski definition) is 3. The summed E-state index contributed by atoms with van der Waals surface area (Å²) in [6.07, 6.45) is 1.56.